The second kappa shape index (κ2) is 5.78. The van der Waals surface area contributed by atoms with Gasteiger partial charge < -0.3 is 5.32 Å². The quantitative estimate of drug-likeness (QED) is 0.751. The van der Waals surface area contributed by atoms with Gasteiger partial charge in [0.15, 0.2) is 0 Å². The number of alkyl halides is 3. The van der Waals surface area contributed by atoms with Gasteiger partial charge in [-0.05, 0) is 55.8 Å². The Labute approximate surface area is 148 Å². The van der Waals surface area contributed by atoms with Crippen molar-refractivity contribution in [1.29, 1.82) is 0 Å². The van der Waals surface area contributed by atoms with Crippen molar-refractivity contribution in [3.63, 3.8) is 0 Å². The van der Waals surface area contributed by atoms with Crippen LogP contribution in [0.5, 0.6) is 0 Å². The largest absolute Gasteiger partial charge is 0.323 e. The Morgan fingerprint density at radius 1 is 1.38 bits per heavy atom. The van der Waals surface area contributed by atoms with E-state index >= 15 is 0 Å². The highest BCUT2D eigenvalue weighted by atomic mass is 79.9. The van der Waals surface area contributed by atoms with Crippen molar-refractivity contribution in [2.45, 2.75) is 62.2 Å². The van der Waals surface area contributed by atoms with Gasteiger partial charge in [0.1, 0.15) is 6.54 Å². The van der Waals surface area contributed by atoms with E-state index in [0.717, 1.165) is 31.1 Å². The fourth-order valence-corrected chi connectivity index (χ4v) is 7.27. The van der Waals surface area contributed by atoms with Gasteiger partial charge in [-0.1, -0.05) is 15.9 Å². The zero-order valence-electron chi connectivity index (χ0n) is 13.5. The maximum Gasteiger partial charge on any atom is 0.257 e. The van der Waals surface area contributed by atoms with E-state index in [1.165, 1.54) is 36.3 Å². The van der Waals surface area contributed by atoms with Crippen molar-refractivity contribution in [3.8, 4) is 0 Å². The molecule has 0 radical (unpaired) electrons. The average Bonchev–Trinajstić information content (AvgIpc) is 2.80. The van der Waals surface area contributed by atoms with Crippen molar-refractivity contribution in [3.05, 3.63) is 12.4 Å². The molecular weight excluding hydrogens is 380 g/mol. The molecule has 1 aromatic heterocycles. The van der Waals surface area contributed by atoms with Crippen molar-refractivity contribution in [2.75, 3.05) is 5.32 Å². The fourth-order valence-electron chi connectivity index (χ4n) is 5.76. The summed E-state index contributed by atoms with van der Waals surface area (Å²) in [5.74, 6) is 1.46. The highest BCUT2D eigenvalue weighted by molar-refractivity contribution is 9.10. The molecule has 0 aliphatic heterocycles. The summed E-state index contributed by atoms with van der Waals surface area (Å²) in [6.07, 6.45) is 8.15. The highest BCUT2D eigenvalue weighted by Crippen LogP contribution is 2.65. The molecule has 7 heteroatoms. The van der Waals surface area contributed by atoms with Crippen molar-refractivity contribution in [2.24, 2.45) is 17.3 Å². The van der Waals surface area contributed by atoms with Gasteiger partial charge >= 0.3 is 0 Å². The highest BCUT2D eigenvalue weighted by Gasteiger charge is 2.57. The molecule has 24 heavy (non-hydrogen) atoms. The molecule has 4 aliphatic rings. The zero-order valence-corrected chi connectivity index (χ0v) is 15.1. The van der Waals surface area contributed by atoms with Gasteiger partial charge in [-0.3, -0.25) is 9.48 Å². The van der Waals surface area contributed by atoms with Gasteiger partial charge in [-0.15, -0.1) is 0 Å². The summed E-state index contributed by atoms with van der Waals surface area (Å²) in [5.41, 5.74) is 0.607. The van der Waals surface area contributed by atoms with Gasteiger partial charge in [0.25, 0.3) is 6.43 Å². The minimum absolute atomic E-state index is 0.0235. The maximum absolute atomic E-state index is 12.5. The molecule has 5 rings (SSSR count). The van der Waals surface area contributed by atoms with E-state index in [1.807, 2.05) is 0 Å². The summed E-state index contributed by atoms with van der Waals surface area (Å²) in [4.78, 5) is 12.5. The van der Waals surface area contributed by atoms with Crippen LogP contribution in [0.15, 0.2) is 12.4 Å². The Morgan fingerprint density at radius 3 is 2.71 bits per heavy atom. The second-order valence-electron chi connectivity index (χ2n) is 8.18. The Kier molecular flexibility index (Phi) is 3.97. The lowest BCUT2D eigenvalue weighted by molar-refractivity contribution is -0.123. The molecule has 1 amide bonds. The van der Waals surface area contributed by atoms with E-state index in [1.54, 1.807) is 0 Å². The van der Waals surface area contributed by atoms with Gasteiger partial charge in [0.2, 0.25) is 5.91 Å². The van der Waals surface area contributed by atoms with Crippen LogP contribution in [-0.2, 0) is 11.3 Å². The van der Waals surface area contributed by atoms with E-state index in [2.05, 4.69) is 26.3 Å². The molecular formula is C17H22BrF2N3O. The number of rotatable bonds is 5. The van der Waals surface area contributed by atoms with E-state index < -0.39 is 13.0 Å². The Balaban J connectivity index is 1.40. The van der Waals surface area contributed by atoms with Crippen LogP contribution in [0, 0.1) is 17.3 Å². The van der Waals surface area contributed by atoms with E-state index in [9.17, 15) is 13.6 Å². The summed E-state index contributed by atoms with van der Waals surface area (Å²) in [6.45, 7) is -0.449. The Morgan fingerprint density at radius 2 is 2.08 bits per heavy atom. The predicted molar refractivity (Wildman–Crippen MR) is 90.3 cm³/mol. The smallest absolute Gasteiger partial charge is 0.257 e. The number of nitrogens with zero attached hydrogens (tertiary/aromatic N) is 2. The van der Waals surface area contributed by atoms with Gasteiger partial charge in [0.05, 0.1) is 11.9 Å². The molecule has 132 valence electrons. The minimum Gasteiger partial charge on any atom is -0.323 e. The van der Waals surface area contributed by atoms with Gasteiger partial charge in [-0.2, -0.15) is 5.10 Å². The van der Waals surface area contributed by atoms with Crippen LogP contribution in [0.3, 0.4) is 0 Å². The first-order valence-electron chi connectivity index (χ1n) is 8.63. The SMILES string of the molecule is O=C(CC12C[C@H]3C[C@@H](CC(Br)(C3)C1)C2)Nc1cnn(CC(F)F)c1. The van der Waals surface area contributed by atoms with E-state index in [0.29, 0.717) is 12.1 Å². The second-order valence-corrected chi connectivity index (χ2v) is 9.86. The van der Waals surface area contributed by atoms with E-state index in [-0.39, 0.29) is 15.6 Å². The summed E-state index contributed by atoms with van der Waals surface area (Å²) < 4.78 is 26.1. The minimum atomic E-state index is -2.45. The molecule has 4 nitrogen and oxygen atoms in total. The maximum atomic E-state index is 12.5. The number of carbonyl (C=O) groups excluding carboxylic acids is 1. The standard InChI is InChI=1S/C17H22BrF2N3O/c18-17-4-11-1-12(5-17)3-16(2-11,10-17)6-15(24)22-13-7-21-23(8-13)9-14(19)20/h7-8,11-12,14H,1-6,9-10H2,(H,22,24)/t11-,12-,16?,17?/m1/s1. The van der Waals surface area contributed by atoms with E-state index in [4.69, 9.17) is 0 Å². The number of hydrogen-bond donors (Lipinski definition) is 1. The number of nitrogens with one attached hydrogen (secondary N) is 1. The molecule has 0 saturated heterocycles. The molecule has 2 atom stereocenters. The first kappa shape index (κ1) is 16.5. The molecule has 4 saturated carbocycles. The lowest BCUT2D eigenvalue weighted by Gasteiger charge is -2.60. The number of halogens is 3. The third-order valence-electron chi connectivity index (χ3n) is 5.89. The monoisotopic (exact) mass is 401 g/mol. The predicted octanol–water partition coefficient (Wildman–Crippen LogP) is 4.21. The van der Waals surface area contributed by atoms with Crippen LogP contribution in [0.25, 0.3) is 0 Å². The summed E-state index contributed by atoms with van der Waals surface area (Å²) in [6, 6.07) is 0. The number of carbonyl (C=O) groups is 1. The van der Waals surface area contributed by atoms with Crippen LogP contribution in [0.1, 0.15) is 44.9 Å². The summed E-state index contributed by atoms with van der Waals surface area (Å²) in [7, 11) is 0. The molecule has 1 heterocycles. The van der Waals surface area contributed by atoms with Crippen LogP contribution in [-0.4, -0.2) is 26.4 Å². The summed E-state index contributed by atoms with van der Waals surface area (Å²) in [5, 5.41) is 6.70. The lowest BCUT2D eigenvalue weighted by atomic mass is 9.48. The molecule has 0 aromatic carbocycles. The number of aromatic nitrogens is 2. The van der Waals surface area contributed by atoms with Crippen LogP contribution < -0.4 is 5.32 Å². The normalized spacial score (nSPS) is 37.2. The molecule has 1 N–H and O–H groups in total. The lowest BCUT2D eigenvalue weighted by Crippen LogP contribution is -2.53. The van der Waals surface area contributed by atoms with Crippen molar-refractivity contribution >= 4 is 27.5 Å². The van der Waals surface area contributed by atoms with Crippen LogP contribution >= 0.6 is 15.9 Å². The third-order valence-corrected chi connectivity index (χ3v) is 6.82. The van der Waals surface area contributed by atoms with Crippen molar-refractivity contribution < 1.29 is 13.6 Å². The van der Waals surface area contributed by atoms with Gasteiger partial charge in [-0.25, -0.2) is 8.78 Å². The zero-order chi connectivity index (χ0) is 16.9. The van der Waals surface area contributed by atoms with Crippen molar-refractivity contribution in [1.82, 2.24) is 9.78 Å². The Bertz CT molecular complexity index is 634. The molecule has 4 aliphatic carbocycles. The number of hydrogen-bond acceptors (Lipinski definition) is 2. The Hall–Kier alpha value is -0.980. The first-order chi connectivity index (χ1) is 11.3. The van der Waals surface area contributed by atoms with Gasteiger partial charge in [0, 0.05) is 16.9 Å². The number of amides is 1. The fraction of sp³-hybridized carbons (Fsp3) is 0.765. The molecule has 4 bridgehead atoms. The molecule has 1 aromatic rings. The summed E-state index contributed by atoms with van der Waals surface area (Å²) >= 11 is 3.96. The molecule has 4 fully saturated rings. The topological polar surface area (TPSA) is 46.9 Å². The average molecular weight is 402 g/mol. The van der Waals surface area contributed by atoms with Crippen LogP contribution in [0.4, 0.5) is 14.5 Å². The number of anilines is 1. The first-order valence-corrected chi connectivity index (χ1v) is 9.42. The van der Waals surface area contributed by atoms with Crippen LogP contribution in [0.2, 0.25) is 0 Å². The third kappa shape index (κ3) is 3.24. The molecule has 0 spiro atoms. The molecule has 0 unspecified atom stereocenters.